The quantitative estimate of drug-likeness (QED) is 0.635. The molecule has 1 atom stereocenters. The van der Waals surface area contributed by atoms with E-state index in [0.717, 1.165) is 29.4 Å². The summed E-state index contributed by atoms with van der Waals surface area (Å²) in [5.41, 5.74) is 1.94. The van der Waals surface area contributed by atoms with Crippen LogP contribution in [-0.4, -0.2) is 16.4 Å². The van der Waals surface area contributed by atoms with Crippen molar-refractivity contribution in [1.82, 2.24) is 9.88 Å². The Hall–Kier alpha value is -1.62. The molecule has 0 amide bonds. The molecule has 1 aromatic carbocycles. The summed E-state index contributed by atoms with van der Waals surface area (Å²) in [6.07, 6.45) is 4.24. The molecule has 23 heavy (non-hydrogen) atoms. The highest BCUT2D eigenvalue weighted by molar-refractivity contribution is 7.10. The van der Waals surface area contributed by atoms with Crippen molar-refractivity contribution in [2.24, 2.45) is 0 Å². The summed E-state index contributed by atoms with van der Waals surface area (Å²) >= 11 is 7.77. The molecular weight excluding hydrogens is 328 g/mol. The minimum absolute atomic E-state index is 0.519. The summed E-state index contributed by atoms with van der Waals surface area (Å²) in [6, 6.07) is 12.5. The Morgan fingerprint density at radius 1 is 1.26 bits per heavy atom. The minimum Gasteiger partial charge on any atom is -0.444 e. The maximum atomic E-state index is 5.93. The van der Waals surface area contributed by atoms with Gasteiger partial charge < -0.3 is 4.42 Å². The van der Waals surface area contributed by atoms with Crippen molar-refractivity contribution in [3.8, 4) is 11.5 Å². The van der Waals surface area contributed by atoms with Gasteiger partial charge in [-0.2, -0.15) is 0 Å². The van der Waals surface area contributed by atoms with Crippen molar-refractivity contribution in [2.45, 2.75) is 25.4 Å². The van der Waals surface area contributed by atoms with Crippen molar-refractivity contribution in [2.75, 3.05) is 6.54 Å². The molecule has 3 heterocycles. The Morgan fingerprint density at radius 3 is 2.91 bits per heavy atom. The van der Waals surface area contributed by atoms with Crippen LogP contribution in [0.2, 0.25) is 5.02 Å². The molecule has 1 aliphatic rings. The van der Waals surface area contributed by atoms with Crippen LogP contribution in [-0.2, 0) is 6.54 Å². The SMILES string of the molecule is Clc1ccc(-c2nc(CN3CCCC3c3cccs3)co2)cc1. The highest BCUT2D eigenvalue weighted by atomic mass is 35.5. The lowest BCUT2D eigenvalue weighted by atomic mass is 10.2. The van der Waals surface area contributed by atoms with E-state index >= 15 is 0 Å². The first-order valence-corrected chi connectivity index (χ1v) is 9.03. The van der Waals surface area contributed by atoms with Gasteiger partial charge in [-0.15, -0.1) is 11.3 Å². The Labute approximate surface area is 144 Å². The fraction of sp³-hybridized carbons (Fsp3) is 0.278. The van der Waals surface area contributed by atoms with E-state index in [4.69, 9.17) is 16.0 Å². The van der Waals surface area contributed by atoms with E-state index in [1.54, 1.807) is 6.26 Å². The maximum absolute atomic E-state index is 5.93. The van der Waals surface area contributed by atoms with Crippen LogP contribution in [0, 0.1) is 0 Å². The Bertz CT molecular complexity index is 767. The average molecular weight is 345 g/mol. The number of nitrogens with zero attached hydrogens (tertiary/aromatic N) is 2. The lowest BCUT2D eigenvalue weighted by Gasteiger charge is -2.22. The van der Waals surface area contributed by atoms with E-state index in [9.17, 15) is 0 Å². The summed E-state index contributed by atoms with van der Waals surface area (Å²) < 4.78 is 5.65. The predicted molar refractivity (Wildman–Crippen MR) is 93.7 cm³/mol. The molecule has 0 aliphatic carbocycles. The standard InChI is InChI=1S/C18H17ClN2OS/c19-14-7-5-13(6-8-14)18-20-15(12-22-18)11-21-9-1-3-16(21)17-4-2-10-23-17/h2,4-8,10,12,16H,1,3,9,11H2. The summed E-state index contributed by atoms with van der Waals surface area (Å²) in [7, 11) is 0. The van der Waals surface area contributed by atoms with Gasteiger partial charge in [-0.3, -0.25) is 4.90 Å². The number of benzene rings is 1. The highest BCUT2D eigenvalue weighted by Gasteiger charge is 2.27. The molecule has 3 nitrogen and oxygen atoms in total. The van der Waals surface area contributed by atoms with Gasteiger partial charge in [0.2, 0.25) is 5.89 Å². The van der Waals surface area contributed by atoms with Crippen LogP contribution < -0.4 is 0 Å². The molecule has 118 valence electrons. The maximum Gasteiger partial charge on any atom is 0.226 e. The lowest BCUT2D eigenvalue weighted by Crippen LogP contribution is -2.22. The van der Waals surface area contributed by atoms with E-state index < -0.39 is 0 Å². The second-order valence-electron chi connectivity index (χ2n) is 5.79. The van der Waals surface area contributed by atoms with E-state index in [-0.39, 0.29) is 0 Å². The second-order valence-corrected chi connectivity index (χ2v) is 7.21. The molecular formula is C18H17ClN2OS. The smallest absolute Gasteiger partial charge is 0.226 e. The molecule has 3 aromatic rings. The first-order valence-electron chi connectivity index (χ1n) is 7.77. The second kappa shape index (κ2) is 6.48. The third kappa shape index (κ3) is 3.20. The van der Waals surface area contributed by atoms with Crippen molar-refractivity contribution in [1.29, 1.82) is 0 Å². The van der Waals surface area contributed by atoms with Crippen LogP contribution in [0.25, 0.3) is 11.5 Å². The van der Waals surface area contributed by atoms with Crippen LogP contribution in [0.15, 0.2) is 52.5 Å². The zero-order valence-electron chi connectivity index (χ0n) is 12.6. The molecule has 1 aliphatic heterocycles. The summed E-state index contributed by atoms with van der Waals surface area (Å²) in [4.78, 5) is 8.58. The monoisotopic (exact) mass is 344 g/mol. The zero-order valence-corrected chi connectivity index (χ0v) is 14.2. The molecule has 0 radical (unpaired) electrons. The highest BCUT2D eigenvalue weighted by Crippen LogP contribution is 2.35. The third-order valence-corrected chi connectivity index (χ3v) is 5.47. The normalized spacial score (nSPS) is 18.6. The van der Waals surface area contributed by atoms with Gasteiger partial charge >= 0.3 is 0 Å². The number of oxazole rings is 1. The molecule has 2 aromatic heterocycles. The molecule has 1 fully saturated rings. The number of aromatic nitrogens is 1. The van der Waals surface area contributed by atoms with Crippen molar-refractivity contribution in [3.63, 3.8) is 0 Å². The molecule has 1 unspecified atom stereocenters. The number of hydrogen-bond acceptors (Lipinski definition) is 4. The van der Waals surface area contributed by atoms with Gasteiger partial charge in [0.25, 0.3) is 0 Å². The van der Waals surface area contributed by atoms with Gasteiger partial charge in [-0.1, -0.05) is 17.7 Å². The number of thiophene rings is 1. The molecule has 5 heteroatoms. The van der Waals surface area contributed by atoms with Gasteiger partial charge in [0.05, 0.1) is 5.69 Å². The minimum atomic E-state index is 0.519. The van der Waals surface area contributed by atoms with Crippen molar-refractivity contribution in [3.05, 3.63) is 63.6 Å². The topological polar surface area (TPSA) is 29.3 Å². The predicted octanol–water partition coefficient (Wildman–Crippen LogP) is 5.39. The first-order chi connectivity index (χ1) is 11.3. The fourth-order valence-electron chi connectivity index (χ4n) is 3.13. The number of halogens is 1. The lowest BCUT2D eigenvalue weighted by molar-refractivity contribution is 0.248. The van der Waals surface area contributed by atoms with Crippen LogP contribution >= 0.6 is 22.9 Å². The zero-order chi connectivity index (χ0) is 15.6. The van der Waals surface area contributed by atoms with E-state index in [0.29, 0.717) is 11.9 Å². The number of hydrogen-bond donors (Lipinski definition) is 0. The summed E-state index contributed by atoms with van der Waals surface area (Å²) in [5.74, 6) is 0.656. The number of likely N-dealkylation sites (tertiary alicyclic amines) is 1. The van der Waals surface area contributed by atoms with Gasteiger partial charge in [-0.25, -0.2) is 4.98 Å². The Kier molecular flexibility index (Phi) is 4.21. The molecule has 1 saturated heterocycles. The van der Waals surface area contributed by atoms with Gasteiger partial charge in [0, 0.05) is 28.0 Å². The summed E-state index contributed by atoms with van der Waals surface area (Å²) in [5, 5.41) is 2.87. The van der Waals surface area contributed by atoms with E-state index in [2.05, 4.69) is 27.4 Å². The first kappa shape index (κ1) is 14.9. The van der Waals surface area contributed by atoms with Crippen molar-refractivity contribution >= 4 is 22.9 Å². The van der Waals surface area contributed by atoms with Gasteiger partial charge in [0.15, 0.2) is 0 Å². The van der Waals surface area contributed by atoms with Gasteiger partial charge in [0.1, 0.15) is 6.26 Å². The molecule has 0 spiro atoms. The van der Waals surface area contributed by atoms with Crippen LogP contribution in [0.3, 0.4) is 0 Å². The fourth-order valence-corrected chi connectivity index (χ4v) is 4.15. The van der Waals surface area contributed by atoms with E-state index in [1.165, 1.54) is 17.7 Å². The molecule has 0 saturated carbocycles. The molecule has 0 N–H and O–H groups in total. The largest absolute Gasteiger partial charge is 0.444 e. The molecule has 0 bridgehead atoms. The summed E-state index contributed by atoms with van der Waals surface area (Å²) in [6.45, 7) is 1.95. The van der Waals surface area contributed by atoms with Crippen LogP contribution in [0.1, 0.15) is 29.5 Å². The van der Waals surface area contributed by atoms with Gasteiger partial charge in [-0.05, 0) is 55.1 Å². The third-order valence-electron chi connectivity index (χ3n) is 4.24. The van der Waals surface area contributed by atoms with Crippen LogP contribution in [0.5, 0.6) is 0 Å². The molecule has 4 rings (SSSR count). The van der Waals surface area contributed by atoms with Crippen molar-refractivity contribution < 1.29 is 4.42 Å². The average Bonchev–Trinajstić information content (AvgIpc) is 3.29. The van der Waals surface area contributed by atoms with Crippen LogP contribution in [0.4, 0.5) is 0 Å². The number of rotatable bonds is 4. The Balaban J connectivity index is 1.50. The van der Waals surface area contributed by atoms with E-state index in [1.807, 2.05) is 35.6 Å². The Morgan fingerprint density at radius 2 is 2.13 bits per heavy atom.